The second kappa shape index (κ2) is 12.6. The van der Waals surface area contributed by atoms with Crippen LogP contribution in [-0.4, -0.2) is 89.3 Å². The molecule has 1 aromatic heterocycles. The third-order valence-electron chi connectivity index (χ3n) is 8.51. The number of carbonyl (C=O) groups is 2. The van der Waals surface area contributed by atoms with Gasteiger partial charge in [-0.1, -0.05) is 6.92 Å². The molecule has 5 N–H and O–H groups in total. The largest absolute Gasteiger partial charge is 0.490 e. The number of fused-ring (bicyclic) bond motifs is 3. The fourth-order valence-electron chi connectivity index (χ4n) is 6.11. The zero-order chi connectivity index (χ0) is 30.8. The lowest BCUT2D eigenvalue weighted by Crippen LogP contribution is -2.43. The highest BCUT2D eigenvalue weighted by molar-refractivity contribution is 6.08. The van der Waals surface area contributed by atoms with Crippen LogP contribution in [0.3, 0.4) is 0 Å². The van der Waals surface area contributed by atoms with Gasteiger partial charge in [-0.25, -0.2) is 4.98 Å². The van der Waals surface area contributed by atoms with Crippen LogP contribution in [0.15, 0.2) is 42.2 Å². The summed E-state index contributed by atoms with van der Waals surface area (Å²) in [4.78, 5) is 37.8. The van der Waals surface area contributed by atoms with Gasteiger partial charge in [0.2, 0.25) is 6.79 Å². The Bertz CT molecular complexity index is 1620. The van der Waals surface area contributed by atoms with E-state index < -0.39 is 6.10 Å². The first-order valence-corrected chi connectivity index (χ1v) is 15.0. The van der Waals surface area contributed by atoms with Crippen LogP contribution in [0.1, 0.15) is 47.1 Å². The molecular formula is C32H38N6O6. The molecule has 1 atom stereocenters. The summed E-state index contributed by atoms with van der Waals surface area (Å²) in [7, 11) is 2.11. The standard InChI is InChI=1S/C32H38N6O6/c1-3-22-28(4-5-29-30(22)44-18-43-29)42-17-21(40)14-34-25(6-9-33)24(16-39)31-35-26-12-19-15-38(20-7-10-37(2)11-8-20)32(41)23(19)13-27(26)36-31/h4-6,9,12-13,16,20-21,34,40H,3,7-8,10-11,14-15,17-18,33H2,1-2H3,(H,35,36)/b9-6-,25-24-. The van der Waals surface area contributed by atoms with E-state index in [1.807, 2.05) is 17.9 Å². The number of nitrogens with zero attached hydrogens (tertiary/aromatic N) is 3. The fraction of sp³-hybridized carbons (Fsp3) is 0.406. The number of aliphatic hydroxyl groups is 1. The monoisotopic (exact) mass is 602 g/mol. The molecule has 0 radical (unpaired) electrons. The number of H-pyrrole nitrogens is 1. The van der Waals surface area contributed by atoms with E-state index in [0.29, 0.717) is 59.1 Å². The van der Waals surface area contributed by atoms with E-state index in [0.717, 1.165) is 42.6 Å². The Morgan fingerprint density at radius 2 is 2.11 bits per heavy atom. The van der Waals surface area contributed by atoms with Gasteiger partial charge in [0.1, 0.15) is 24.3 Å². The number of nitrogens with two attached hydrogens (primary N) is 1. The molecule has 4 heterocycles. The number of imidazole rings is 1. The smallest absolute Gasteiger partial charge is 0.254 e. The highest BCUT2D eigenvalue weighted by Crippen LogP contribution is 2.41. The average Bonchev–Trinajstić information content (AvgIpc) is 3.75. The number of ether oxygens (including phenoxy) is 3. The average molecular weight is 603 g/mol. The van der Waals surface area contributed by atoms with Crippen molar-refractivity contribution in [3.05, 3.63) is 64.8 Å². The van der Waals surface area contributed by atoms with Crippen molar-refractivity contribution >= 4 is 28.8 Å². The van der Waals surface area contributed by atoms with Gasteiger partial charge in [-0.3, -0.25) is 9.59 Å². The molecular weight excluding hydrogens is 564 g/mol. The summed E-state index contributed by atoms with van der Waals surface area (Å²) < 4.78 is 16.9. The lowest BCUT2D eigenvalue weighted by atomic mass is 10.0. The maximum Gasteiger partial charge on any atom is 0.254 e. The van der Waals surface area contributed by atoms with Gasteiger partial charge >= 0.3 is 0 Å². The van der Waals surface area contributed by atoms with Gasteiger partial charge in [0.05, 0.1) is 16.6 Å². The molecule has 1 amide bonds. The summed E-state index contributed by atoms with van der Waals surface area (Å²) in [6.45, 7) is 4.78. The zero-order valence-corrected chi connectivity index (χ0v) is 25.0. The first kappa shape index (κ1) is 29.5. The van der Waals surface area contributed by atoms with Crippen LogP contribution < -0.4 is 25.3 Å². The van der Waals surface area contributed by atoms with Crippen molar-refractivity contribution < 1.29 is 28.9 Å². The van der Waals surface area contributed by atoms with E-state index >= 15 is 0 Å². The van der Waals surface area contributed by atoms with Gasteiger partial charge < -0.3 is 45.2 Å². The summed E-state index contributed by atoms with van der Waals surface area (Å²) >= 11 is 0. The third kappa shape index (κ3) is 5.70. The Hall–Kier alpha value is -4.55. The van der Waals surface area contributed by atoms with Gasteiger partial charge in [-0.15, -0.1) is 0 Å². The van der Waals surface area contributed by atoms with Crippen LogP contribution in [0.4, 0.5) is 0 Å². The van der Waals surface area contributed by atoms with Crippen molar-refractivity contribution in [1.82, 2.24) is 25.1 Å². The van der Waals surface area contributed by atoms with Crippen LogP contribution >= 0.6 is 0 Å². The molecule has 12 heteroatoms. The van der Waals surface area contributed by atoms with Crippen LogP contribution in [-0.2, 0) is 17.8 Å². The topological polar surface area (TPSA) is 155 Å². The number of aldehydes is 1. The summed E-state index contributed by atoms with van der Waals surface area (Å²) in [6, 6.07) is 7.58. The molecule has 6 rings (SSSR count). The van der Waals surface area contributed by atoms with Gasteiger partial charge in [0, 0.05) is 36.0 Å². The number of nitrogens with one attached hydrogen (secondary N) is 2. The predicted octanol–water partition coefficient (Wildman–Crippen LogP) is 2.32. The number of rotatable bonds is 11. The van der Waals surface area contributed by atoms with Crippen molar-refractivity contribution in [3.63, 3.8) is 0 Å². The number of hydrogen-bond donors (Lipinski definition) is 4. The van der Waals surface area contributed by atoms with E-state index in [2.05, 4.69) is 27.2 Å². The summed E-state index contributed by atoms with van der Waals surface area (Å²) in [5, 5.41) is 13.8. The quantitative estimate of drug-likeness (QED) is 0.146. The van der Waals surface area contributed by atoms with E-state index in [4.69, 9.17) is 19.9 Å². The molecule has 3 aliphatic heterocycles. The minimum Gasteiger partial charge on any atom is -0.490 e. The number of aromatic nitrogens is 2. The van der Waals surface area contributed by atoms with Crippen molar-refractivity contribution in [2.45, 2.75) is 44.9 Å². The SMILES string of the molecule is CCc1c(OCC(O)CNC(/C=C\N)=C(/C=O)c2nc3cc4c(cc3[nH]2)CN(C2CCN(C)CC2)C4=O)ccc2c1OCO2. The molecule has 232 valence electrons. The van der Waals surface area contributed by atoms with Gasteiger partial charge in [-0.05, 0) is 81.5 Å². The second-order valence-electron chi connectivity index (χ2n) is 11.4. The normalized spacial score (nSPS) is 18.2. The van der Waals surface area contributed by atoms with Gasteiger partial charge in [0.15, 0.2) is 17.8 Å². The summed E-state index contributed by atoms with van der Waals surface area (Å²) in [5.41, 5.74) is 10.1. The molecule has 0 spiro atoms. The number of piperidine rings is 1. The van der Waals surface area contributed by atoms with Crippen molar-refractivity contribution in [3.8, 4) is 17.2 Å². The fourth-order valence-corrected chi connectivity index (χ4v) is 6.11. The molecule has 3 aromatic rings. The molecule has 1 unspecified atom stereocenters. The number of amides is 1. The van der Waals surface area contributed by atoms with Gasteiger partial charge in [-0.2, -0.15) is 0 Å². The molecule has 2 aromatic carbocycles. The number of allylic oxidation sites excluding steroid dienone is 2. The highest BCUT2D eigenvalue weighted by Gasteiger charge is 2.34. The Morgan fingerprint density at radius 3 is 2.86 bits per heavy atom. The molecule has 0 aliphatic carbocycles. The summed E-state index contributed by atoms with van der Waals surface area (Å²) in [5.74, 6) is 2.32. The lowest BCUT2D eigenvalue weighted by molar-refractivity contribution is -0.103. The van der Waals surface area contributed by atoms with E-state index in [1.54, 1.807) is 24.3 Å². The van der Waals surface area contributed by atoms with Crippen molar-refractivity contribution in [1.29, 1.82) is 0 Å². The number of benzene rings is 2. The van der Waals surface area contributed by atoms with Crippen LogP contribution in [0.25, 0.3) is 16.6 Å². The van der Waals surface area contributed by atoms with Crippen LogP contribution in [0, 0.1) is 0 Å². The maximum atomic E-state index is 13.3. The van der Waals surface area contributed by atoms with E-state index in [1.165, 1.54) is 6.20 Å². The lowest BCUT2D eigenvalue weighted by Gasteiger charge is -2.34. The molecule has 1 saturated heterocycles. The molecule has 0 bridgehead atoms. The second-order valence-corrected chi connectivity index (χ2v) is 11.4. The highest BCUT2D eigenvalue weighted by atomic mass is 16.7. The number of carbonyl (C=O) groups excluding carboxylic acids is 2. The van der Waals surface area contributed by atoms with Gasteiger partial charge in [0.25, 0.3) is 5.91 Å². The maximum absolute atomic E-state index is 13.3. The van der Waals surface area contributed by atoms with E-state index in [-0.39, 0.29) is 37.5 Å². The van der Waals surface area contributed by atoms with Crippen LogP contribution in [0.5, 0.6) is 17.2 Å². The Balaban J connectivity index is 1.15. The summed E-state index contributed by atoms with van der Waals surface area (Å²) in [6.07, 6.45) is 5.24. The van der Waals surface area contributed by atoms with Crippen LogP contribution in [0.2, 0.25) is 0 Å². The number of hydrogen-bond acceptors (Lipinski definition) is 10. The Labute approximate surface area is 255 Å². The molecule has 0 saturated carbocycles. The first-order valence-electron chi connectivity index (χ1n) is 15.0. The van der Waals surface area contributed by atoms with Crippen molar-refractivity contribution in [2.75, 3.05) is 40.1 Å². The van der Waals surface area contributed by atoms with Crippen molar-refractivity contribution in [2.24, 2.45) is 5.73 Å². The predicted molar refractivity (Wildman–Crippen MR) is 164 cm³/mol. The molecule has 3 aliphatic rings. The Morgan fingerprint density at radius 1 is 1.30 bits per heavy atom. The number of aliphatic hydroxyl groups excluding tert-OH is 1. The molecule has 12 nitrogen and oxygen atoms in total. The third-order valence-corrected chi connectivity index (χ3v) is 8.51. The Kier molecular flexibility index (Phi) is 8.45. The minimum absolute atomic E-state index is 0.00841. The zero-order valence-electron chi connectivity index (χ0n) is 25.0. The molecule has 44 heavy (non-hydrogen) atoms. The number of likely N-dealkylation sites (tertiary alicyclic amines) is 1. The first-order chi connectivity index (χ1) is 21.4. The molecule has 1 fully saturated rings. The minimum atomic E-state index is -0.906. The van der Waals surface area contributed by atoms with E-state index in [9.17, 15) is 14.7 Å². The number of aromatic amines is 1.